The standard InChI is InChI=1S/C41H82NO6P/c1-6-8-10-12-14-16-18-20-22-24-26-28-30-32-34-36-38(43)41(45,40(42(3,4)5)49(46,47)48)39(44)37-35-33-31-29-27-25-23-21-19-17-15-13-11-9-7-2/h40,45H,6-37H2,1-5H3,(H-,46,47,48)/p+1. The number of carbonyl (C=O) groups is 2. The Bertz CT molecular complexity index is 805. The highest BCUT2D eigenvalue weighted by molar-refractivity contribution is 7.52. The first-order chi connectivity index (χ1) is 23.3. The molecule has 49 heavy (non-hydrogen) atoms. The minimum absolute atomic E-state index is 0.0458. The molecule has 0 aromatic carbocycles. The summed E-state index contributed by atoms with van der Waals surface area (Å²) in [6.07, 6.45) is 35.5. The lowest BCUT2D eigenvalue weighted by Gasteiger charge is -2.42. The summed E-state index contributed by atoms with van der Waals surface area (Å²) in [5.41, 5.74) is -2.69. The highest BCUT2D eigenvalue weighted by Gasteiger charge is 2.63. The Labute approximate surface area is 303 Å². The maximum atomic E-state index is 13.5. The Balaban J connectivity index is 4.53. The Morgan fingerprint density at radius 3 is 0.857 bits per heavy atom. The molecule has 0 fully saturated rings. The monoisotopic (exact) mass is 717 g/mol. The summed E-state index contributed by atoms with van der Waals surface area (Å²) in [4.78, 5) is 47.6. The van der Waals surface area contributed by atoms with E-state index in [9.17, 15) is 29.0 Å². The van der Waals surface area contributed by atoms with Gasteiger partial charge in [-0.2, -0.15) is 0 Å². The van der Waals surface area contributed by atoms with Crippen molar-refractivity contribution in [2.24, 2.45) is 0 Å². The van der Waals surface area contributed by atoms with Crippen molar-refractivity contribution in [2.75, 3.05) is 21.1 Å². The number of aliphatic hydroxyl groups is 1. The van der Waals surface area contributed by atoms with Crippen LogP contribution in [0.3, 0.4) is 0 Å². The minimum Gasteiger partial charge on any atom is -0.370 e. The second-order valence-corrected chi connectivity index (χ2v) is 17.8. The molecular formula is C41H83NO6P+. The maximum Gasteiger partial charge on any atom is 0.386 e. The second kappa shape index (κ2) is 29.9. The van der Waals surface area contributed by atoms with E-state index in [2.05, 4.69) is 13.8 Å². The molecule has 292 valence electrons. The van der Waals surface area contributed by atoms with Gasteiger partial charge in [0.25, 0.3) is 0 Å². The first kappa shape index (κ1) is 48.4. The topological polar surface area (TPSA) is 112 Å². The number of quaternary nitrogens is 1. The quantitative estimate of drug-likeness (QED) is 0.0255. The summed E-state index contributed by atoms with van der Waals surface area (Å²) in [6.45, 7) is 4.50. The van der Waals surface area contributed by atoms with Gasteiger partial charge in [0.05, 0.1) is 21.1 Å². The van der Waals surface area contributed by atoms with Gasteiger partial charge in [-0.25, -0.2) is 0 Å². The molecule has 7 nitrogen and oxygen atoms in total. The molecule has 0 amide bonds. The van der Waals surface area contributed by atoms with Gasteiger partial charge in [0, 0.05) is 12.8 Å². The fourth-order valence-corrected chi connectivity index (χ4v) is 9.07. The minimum atomic E-state index is -5.00. The van der Waals surface area contributed by atoms with Gasteiger partial charge in [-0.15, -0.1) is 0 Å². The van der Waals surface area contributed by atoms with E-state index >= 15 is 0 Å². The van der Waals surface area contributed by atoms with Gasteiger partial charge in [-0.1, -0.05) is 194 Å². The van der Waals surface area contributed by atoms with Crippen LogP contribution in [-0.4, -0.2) is 63.5 Å². The number of unbranched alkanes of at least 4 members (excludes halogenated alkanes) is 28. The third-order valence-corrected chi connectivity index (χ3v) is 12.0. The maximum absolute atomic E-state index is 13.5. The predicted molar refractivity (Wildman–Crippen MR) is 208 cm³/mol. The number of likely N-dealkylation sites (N-methyl/N-ethyl adjacent to an activating group) is 1. The van der Waals surface area contributed by atoms with Gasteiger partial charge in [0.1, 0.15) is 0 Å². The molecular weight excluding hydrogens is 633 g/mol. The number of carbonyl (C=O) groups excluding carboxylic acids is 2. The highest BCUT2D eigenvalue weighted by Crippen LogP contribution is 2.50. The van der Waals surface area contributed by atoms with Gasteiger partial charge in [-0.05, 0) is 12.8 Å². The van der Waals surface area contributed by atoms with Crippen LogP contribution in [0.2, 0.25) is 0 Å². The first-order valence-corrected chi connectivity index (χ1v) is 22.7. The van der Waals surface area contributed by atoms with Crippen LogP contribution in [-0.2, 0) is 14.2 Å². The Kier molecular flexibility index (Phi) is 29.6. The summed E-state index contributed by atoms with van der Waals surface area (Å²) in [7, 11) is -0.423. The van der Waals surface area contributed by atoms with Gasteiger partial charge in [-0.3, -0.25) is 14.2 Å². The fraction of sp³-hybridized carbons (Fsp3) is 0.951. The Morgan fingerprint density at radius 2 is 0.673 bits per heavy atom. The molecule has 0 heterocycles. The van der Waals surface area contributed by atoms with Crippen LogP contribution in [0, 0.1) is 0 Å². The fourth-order valence-electron chi connectivity index (χ4n) is 7.39. The molecule has 0 aromatic rings. The zero-order valence-corrected chi connectivity index (χ0v) is 34.1. The third-order valence-electron chi connectivity index (χ3n) is 10.3. The van der Waals surface area contributed by atoms with Crippen LogP contribution in [0.5, 0.6) is 0 Å². The molecule has 1 atom stereocenters. The predicted octanol–water partition coefficient (Wildman–Crippen LogP) is 11.6. The summed E-state index contributed by atoms with van der Waals surface area (Å²) in [6, 6.07) is 0. The number of Topliss-reactive ketones (excluding diaryl/α,β-unsaturated/α-hetero) is 2. The second-order valence-electron chi connectivity index (χ2n) is 16.1. The van der Waals surface area contributed by atoms with Gasteiger partial charge in [0.2, 0.25) is 11.4 Å². The van der Waals surface area contributed by atoms with Crippen molar-refractivity contribution in [3.05, 3.63) is 0 Å². The molecule has 3 N–H and O–H groups in total. The molecule has 0 aliphatic rings. The number of hydrogen-bond donors (Lipinski definition) is 3. The lowest BCUT2D eigenvalue weighted by molar-refractivity contribution is -0.887. The van der Waals surface area contributed by atoms with E-state index in [1.54, 1.807) is 0 Å². The SMILES string of the molecule is CCCCCCCCCCCCCCCCCC(=O)C(O)(C(=O)CCCCCCCCCCCCCCCCC)C([N+](C)(C)C)P(=O)(O)O. The molecule has 0 aliphatic carbocycles. The van der Waals surface area contributed by atoms with Crippen LogP contribution in [0.1, 0.15) is 219 Å². The van der Waals surface area contributed by atoms with Crippen LogP contribution < -0.4 is 0 Å². The van der Waals surface area contributed by atoms with E-state index in [-0.39, 0.29) is 17.3 Å². The van der Waals surface area contributed by atoms with Crippen LogP contribution >= 0.6 is 7.60 Å². The lowest BCUT2D eigenvalue weighted by Crippen LogP contribution is -2.65. The van der Waals surface area contributed by atoms with Crippen molar-refractivity contribution in [1.29, 1.82) is 0 Å². The van der Waals surface area contributed by atoms with Gasteiger partial charge in [0.15, 0.2) is 11.6 Å². The molecule has 0 aliphatic heterocycles. The van der Waals surface area contributed by atoms with Crippen molar-refractivity contribution in [1.82, 2.24) is 0 Å². The molecule has 0 saturated carbocycles. The van der Waals surface area contributed by atoms with Crippen molar-refractivity contribution in [3.8, 4) is 0 Å². The summed E-state index contributed by atoms with van der Waals surface area (Å²) >= 11 is 0. The number of ketones is 2. The Morgan fingerprint density at radius 1 is 0.469 bits per heavy atom. The molecule has 0 rings (SSSR count). The first-order valence-electron chi connectivity index (χ1n) is 21.0. The Hall–Kier alpha value is -0.590. The summed E-state index contributed by atoms with van der Waals surface area (Å²) in [5, 5.41) is 11.7. The van der Waals surface area contributed by atoms with Crippen LogP contribution in [0.15, 0.2) is 0 Å². The van der Waals surface area contributed by atoms with Gasteiger partial charge >= 0.3 is 7.60 Å². The summed E-state index contributed by atoms with van der Waals surface area (Å²) in [5.74, 6) is -3.31. The average Bonchev–Trinajstić information content (AvgIpc) is 3.03. The lowest BCUT2D eigenvalue weighted by atomic mass is 9.85. The van der Waals surface area contributed by atoms with E-state index in [4.69, 9.17) is 0 Å². The molecule has 8 heteroatoms. The van der Waals surface area contributed by atoms with Crippen molar-refractivity contribution < 1.29 is 33.5 Å². The van der Waals surface area contributed by atoms with E-state index in [1.807, 2.05) is 0 Å². The third kappa shape index (κ3) is 24.3. The van der Waals surface area contributed by atoms with Crippen molar-refractivity contribution >= 4 is 19.2 Å². The zero-order valence-electron chi connectivity index (χ0n) is 33.2. The largest absolute Gasteiger partial charge is 0.386 e. The molecule has 0 spiro atoms. The van der Waals surface area contributed by atoms with E-state index in [0.717, 1.165) is 38.5 Å². The van der Waals surface area contributed by atoms with E-state index < -0.39 is 30.5 Å². The highest BCUT2D eigenvalue weighted by atomic mass is 31.2. The van der Waals surface area contributed by atoms with E-state index in [0.29, 0.717) is 12.8 Å². The number of rotatable bonds is 37. The molecule has 1 unspecified atom stereocenters. The molecule has 0 bridgehead atoms. The molecule has 0 aromatic heterocycles. The van der Waals surface area contributed by atoms with E-state index in [1.165, 1.54) is 162 Å². The van der Waals surface area contributed by atoms with Crippen molar-refractivity contribution in [2.45, 2.75) is 231 Å². The zero-order chi connectivity index (χ0) is 36.9. The van der Waals surface area contributed by atoms with Crippen LogP contribution in [0.25, 0.3) is 0 Å². The molecule has 0 radical (unpaired) electrons. The van der Waals surface area contributed by atoms with Gasteiger partial charge < -0.3 is 19.4 Å². The molecule has 0 saturated heterocycles. The average molecular weight is 717 g/mol. The number of nitrogens with zero attached hydrogens (tertiary/aromatic N) is 1. The van der Waals surface area contributed by atoms with Crippen molar-refractivity contribution in [3.63, 3.8) is 0 Å². The normalized spacial score (nSPS) is 13.2. The summed E-state index contributed by atoms with van der Waals surface area (Å²) < 4.78 is 12.3. The van der Waals surface area contributed by atoms with Crippen LogP contribution in [0.4, 0.5) is 0 Å². The smallest absolute Gasteiger partial charge is 0.370 e. The number of hydrogen-bond acceptors (Lipinski definition) is 4.